The van der Waals surface area contributed by atoms with E-state index in [1.807, 2.05) is 48.7 Å². The quantitative estimate of drug-likeness (QED) is 0.686. The number of fused-ring (bicyclic) bond motifs is 1. The first-order valence-electron chi connectivity index (χ1n) is 7.09. The molecule has 0 saturated heterocycles. The SMILES string of the molecule is Cc1cc(C)c2c(-c3ccccc3)nc(S[C@@H](C)C#N)n2n1. The molecule has 3 aromatic rings. The van der Waals surface area contributed by atoms with Crippen LogP contribution in [0.1, 0.15) is 18.2 Å². The second kappa shape index (κ2) is 5.82. The molecule has 0 aliphatic carbocycles. The number of imidazole rings is 1. The lowest BCUT2D eigenvalue weighted by molar-refractivity contribution is 0.792. The Balaban J connectivity index is 2.27. The number of thioether (sulfide) groups is 1. The molecule has 0 aliphatic rings. The van der Waals surface area contributed by atoms with E-state index in [1.165, 1.54) is 11.8 Å². The van der Waals surface area contributed by atoms with Crippen LogP contribution in [0.15, 0.2) is 41.6 Å². The highest BCUT2D eigenvalue weighted by molar-refractivity contribution is 8.00. The third kappa shape index (κ3) is 2.58. The van der Waals surface area contributed by atoms with Crippen molar-refractivity contribution < 1.29 is 0 Å². The summed E-state index contributed by atoms with van der Waals surface area (Å²) in [4.78, 5) is 4.76. The lowest BCUT2D eigenvalue weighted by Gasteiger charge is -2.05. The summed E-state index contributed by atoms with van der Waals surface area (Å²) in [6.07, 6.45) is 0. The molecule has 0 amide bonds. The number of hydrogen-bond acceptors (Lipinski definition) is 4. The van der Waals surface area contributed by atoms with E-state index in [0.29, 0.717) is 0 Å². The number of aromatic nitrogens is 3. The first kappa shape index (κ1) is 14.6. The van der Waals surface area contributed by atoms with Gasteiger partial charge in [0.05, 0.1) is 28.2 Å². The van der Waals surface area contributed by atoms with Crippen molar-refractivity contribution in [1.82, 2.24) is 14.6 Å². The largest absolute Gasteiger partial charge is 0.220 e. The maximum atomic E-state index is 9.07. The molecule has 1 atom stereocenters. The first-order chi connectivity index (χ1) is 10.6. The normalized spacial score (nSPS) is 12.3. The van der Waals surface area contributed by atoms with Crippen LogP contribution >= 0.6 is 11.8 Å². The molecule has 1 aromatic carbocycles. The highest BCUT2D eigenvalue weighted by Gasteiger charge is 2.18. The summed E-state index contributed by atoms with van der Waals surface area (Å²) in [5.74, 6) is 0. The second-order valence-corrected chi connectivity index (χ2v) is 6.54. The van der Waals surface area contributed by atoms with Crippen LogP contribution < -0.4 is 0 Å². The summed E-state index contributed by atoms with van der Waals surface area (Å²) in [5, 5.41) is 14.3. The molecule has 0 N–H and O–H groups in total. The van der Waals surface area contributed by atoms with Crippen LogP contribution in [0.25, 0.3) is 16.8 Å². The standard InChI is InChI=1S/C17H16N4S/c1-11-9-12(2)20-21-16(11)15(14-7-5-4-6-8-14)19-17(21)22-13(3)10-18/h4-9,13H,1-3H3/t13-/m0/s1. The van der Waals surface area contributed by atoms with Crippen molar-refractivity contribution in [2.45, 2.75) is 31.2 Å². The van der Waals surface area contributed by atoms with Gasteiger partial charge in [-0.1, -0.05) is 42.1 Å². The maximum Gasteiger partial charge on any atom is 0.191 e. The van der Waals surface area contributed by atoms with Gasteiger partial charge in [0.2, 0.25) is 0 Å². The number of benzene rings is 1. The molecule has 22 heavy (non-hydrogen) atoms. The van der Waals surface area contributed by atoms with E-state index in [4.69, 9.17) is 10.2 Å². The monoisotopic (exact) mass is 308 g/mol. The van der Waals surface area contributed by atoms with Gasteiger partial charge >= 0.3 is 0 Å². The molecule has 5 heteroatoms. The minimum Gasteiger partial charge on any atom is -0.220 e. The maximum absolute atomic E-state index is 9.07. The van der Waals surface area contributed by atoms with Crippen LogP contribution in [0.3, 0.4) is 0 Å². The van der Waals surface area contributed by atoms with Gasteiger partial charge in [0.25, 0.3) is 0 Å². The van der Waals surface area contributed by atoms with Gasteiger partial charge < -0.3 is 0 Å². The Bertz CT molecular complexity index is 862. The van der Waals surface area contributed by atoms with Gasteiger partial charge in [0.15, 0.2) is 5.16 Å². The smallest absolute Gasteiger partial charge is 0.191 e. The van der Waals surface area contributed by atoms with Crippen molar-refractivity contribution in [3.05, 3.63) is 47.7 Å². The third-order valence-electron chi connectivity index (χ3n) is 3.39. The molecule has 2 aromatic heterocycles. The highest BCUT2D eigenvalue weighted by Crippen LogP contribution is 2.32. The van der Waals surface area contributed by atoms with Crippen LogP contribution in [-0.4, -0.2) is 19.8 Å². The lowest BCUT2D eigenvalue weighted by atomic mass is 10.1. The lowest BCUT2D eigenvalue weighted by Crippen LogP contribution is -2.00. The molecule has 0 radical (unpaired) electrons. The summed E-state index contributed by atoms with van der Waals surface area (Å²) < 4.78 is 1.87. The van der Waals surface area contributed by atoms with E-state index in [1.54, 1.807) is 0 Å². The molecule has 0 bridgehead atoms. The zero-order chi connectivity index (χ0) is 15.7. The minimum atomic E-state index is -0.170. The molecular formula is C17H16N4S. The Morgan fingerprint density at radius 3 is 2.64 bits per heavy atom. The number of hydrogen-bond donors (Lipinski definition) is 0. The van der Waals surface area contributed by atoms with Crippen molar-refractivity contribution in [2.75, 3.05) is 0 Å². The van der Waals surface area contributed by atoms with Gasteiger partial charge in [0, 0.05) is 5.56 Å². The van der Waals surface area contributed by atoms with Gasteiger partial charge in [-0.15, -0.1) is 0 Å². The third-order valence-corrected chi connectivity index (χ3v) is 4.33. The summed E-state index contributed by atoms with van der Waals surface area (Å²) in [7, 11) is 0. The van der Waals surface area contributed by atoms with Crippen molar-refractivity contribution in [1.29, 1.82) is 5.26 Å². The zero-order valence-corrected chi connectivity index (χ0v) is 13.6. The average molecular weight is 308 g/mol. The molecule has 2 heterocycles. The molecular weight excluding hydrogens is 292 g/mol. The van der Waals surface area contributed by atoms with E-state index in [-0.39, 0.29) is 5.25 Å². The van der Waals surface area contributed by atoms with Gasteiger partial charge in [-0.2, -0.15) is 10.4 Å². The number of rotatable bonds is 3. The van der Waals surface area contributed by atoms with Gasteiger partial charge in [-0.25, -0.2) is 9.50 Å². The van der Waals surface area contributed by atoms with Crippen LogP contribution in [0.2, 0.25) is 0 Å². The van der Waals surface area contributed by atoms with E-state index < -0.39 is 0 Å². The predicted octanol–water partition coefficient (Wildman–Crippen LogP) is 4.02. The first-order valence-corrected chi connectivity index (χ1v) is 7.97. The Kier molecular flexibility index (Phi) is 3.86. The summed E-state index contributed by atoms with van der Waals surface area (Å²) >= 11 is 1.43. The van der Waals surface area contributed by atoms with Crippen LogP contribution in [0.5, 0.6) is 0 Å². The van der Waals surface area contributed by atoms with E-state index >= 15 is 0 Å². The average Bonchev–Trinajstić information content (AvgIpc) is 2.87. The summed E-state index contributed by atoms with van der Waals surface area (Å²) in [5.41, 5.74) is 5.05. The van der Waals surface area contributed by atoms with Gasteiger partial charge in [0.1, 0.15) is 0 Å². The molecule has 0 spiro atoms. The van der Waals surface area contributed by atoms with Crippen molar-refractivity contribution >= 4 is 17.3 Å². The highest BCUT2D eigenvalue weighted by atomic mass is 32.2. The summed E-state index contributed by atoms with van der Waals surface area (Å²) in [6.45, 7) is 5.91. The second-order valence-electron chi connectivity index (χ2n) is 5.23. The van der Waals surface area contributed by atoms with E-state index in [9.17, 15) is 0 Å². The van der Waals surface area contributed by atoms with Crippen molar-refractivity contribution in [2.24, 2.45) is 0 Å². The zero-order valence-electron chi connectivity index (χ0n) is 12.7. The molecule has 0 fully saturated rings. The fourth-order valence-electron chi connectivity index (χ4n) is 2.46. The van der Waals surface area contributed by atoms with Crippen LogP contribution in [0.4, 0.5) is 0 Å². The Morgan fingerprint density at radius 1 is 1.23 bits per heavy atom. The topological polar surface area (TPSA) is 54.0 Å². The Labute approximate surface area is 133 Å². The Morgan fingerprint density at radius 2 is 1.95 bits per heavy atom. The minimum absolute atomic E-state index is 0.170. The number of nitriles is 1. The number of nitrogens with zero attached hydrogens (tertiary/aromatic N) is 4. The summed E-state index contributed by atoms with van der Waals surface area (Å²) in [6, 6.07) is 14.4. The van der Waals surface area contributed by atoms with E-state index in [0.717, 1.165) is 33.2 Å². The molecule has 3 rings (SSSR count). The Hall–Kier alpha value is -2.32. The fourth-order valence-corrected chi connectivity index (χ4v) is 3.21. The molecule has 110 valence electrons. The molecule has 0 unspecified atom stereocenters. The predicted molar refractivity (Wildman–Crippen MR) is 88.8 cm³/mol. The van der Waals surface area contributed by atoms with Gasteiger partial charge in [-0.3, -0.25) is 0 Å². The molecule has 0 aliphatic heterocycles. The van der Waals surface area contributed by atoms with E-state index in [2.05, 4.69) is 24.2 Å². The van der Waals surface area contributed by atoms with Crippen LogP contribution in [0, 0.1) is 25.2 Å². The molecule has 4 nitrogen and oxygen atoms in total. The fraction of sp³-hybridized carbons (Fsp3) is 0.235. The van der Waals surface area contributed by atoms with Crippen LogP contribution in [-0.2, 0) is 0 Å². The van der Waals surface area contributed by atoms with Crippen molar-refractivity contribution in [3.8, 4) is 17.3 Å². The van der Waals surface area contributed by atoms with Crippen molar-refractivity contribution in [3.63, 3.8) is 0 Å². The molecule has 0 saturated carbocycles. The van der Waals surface area contributed by atoms with Gasteiger partial charge in [-0.05, 0) is 32.4 Å². The number of aryl methyl sites for hydroxylation is 2.